The summed E-state index contributed by atoms with van der Waals surface area (Å²) in [5.74, 6) is 0.429. The van der Waals surface area contributed by atoms with Crippen LogP contribution in [0.2, 0.25) is 0 Å². The van der Waals surface area contributed by atoms with Gasteiger partial charge in [-0.15, -0.1) is 0 Å². The van der Waals surface area contributed by atoms with E-state index in [0.29, 0.717) is 23.5 Å². The molecule has 7 heteroatoms. The molecule has 122 valence electrons. The summed E-state index contributed by atoms with van der Waals surface area (Å²) in [6.45, 7) is 3.61. The molecule has 2 rings (SSSR count). The number of halogens is 3. The second kappa shape index (κ2) is 6.28. The number of benzene rings is 1. The first-order chi connectivity index (χ1) is 10.7. The largest absolute Gasteiger partial charge is 0.416 e. The van der Waals surface area contributed by atoms with Crippen LogP contribution in [-0.2, 0) is 12.6 Å². The predicted octanol–water partition coefficient (Wildman–Crippen LogP) is 3.61. The van der Waals surface area contributed by atoms with Crippen molar-refractivity contribution >= 4 is 17.3 Å². The van der Waals surface area contributed by atoms with Crippen LogP contribution in [0.25, 0.3) is 5.57 Å². The maximum atomic E-state index is 12.6. The summed E-state index contributed by atoms with van der Waals surface area (Å²) in [7, 11) is 0. The summed E-state index contributed by atoms with van der Waals surface area (Å²) in [5.41, 5.74) is 13.7. The van der Waals surface area contributed by atoms with Gasteiger partial charge in [-0.25, -0.2) is 4.98 Å². The lowest BCUT2D eigenvalue weighted by atomic mass is 10.0. The number of alkyl halides is 3. The molecular weight excluding hydrogens is 305 g/mol. The van der Waals surface area contributed by atoms with E-state index in [1.54, 1.807) is 6.92 Å². The number of nitrogen functional groups attached to an aromatic ring is 2. The van der Waals surface area contributed by atoms with Gasteiger partial charge in [-0.2, -0.15) is 18.2 Å². The fourth-order valence-electron chi connectivity index (χ4n) is 2.19. The maximum Gasteiger partial charge on any atom is 0.416 e. The van der Waals surface area contributed by atoms with E-state index in [-0.39, 0.29) is 5.95 Å². The molecule has 0 saturated carbocycles. The Hall–Kier alpha value is -2.57. The molecule has 0 radical (unpaired) electrons. The Balaban J connectivity index is 2.21. The number of hydrogen-bond acceptors (Lipinski definition) is 4. The number of rotatable bonds is 3. The second-order valence-corrected chi connectivity index (χ2v) is 5.20. The standard InChI is InChI=1S/C16H17F3N4/c1-9(11-4-6-12(7-5-11)16(17,18)19)3-8-13-10(2)22-15(21)23-14(13)20/h3-7H,8H2,1-2H3,(H4,20,21,22,23)/b9-3+. The number of nitrogens with zero attached hydrogens (tertiary/aromatic N) is 2. The molecule has 0 spiro atoms. The van der Waals surface area contributed by atoms with Crippen LogP contribution < -0.4 is 11.5 Å². The van der Waals surface area contributed by atoms with Crippen LogP contribution in [0.3, 0.4) is 0 Å². The highest BCUT2D eigenvalue weighted by Crippen LogP contribution is 2.30. The minimum absolute atomic E-state index is 0.118. The highest BCUT2D eigenvalue weighted by Gasteiger charge is 2.29. The van der Waals surface area contributed by atoms with Gasteiger partial charge in [0.25, 0.3) is 0 Å². The van der Waals surface area contributed by atoms with Crippen molar-refractivity contribution in [2.75, 3.05) is 11.5 Å². The molecule has 0 saturated heterocycles. The van der Waals surface area contributed by atoms with Gasteiger partial charge in [0.05, 0.1) is 5.56 Å². The number of hydrogen-bond donors (Lipinski definition) is 2. The van der Waals surface area contributed by atoms with Gasteiger partial charge < -0.3 is 11.5 Å². The lowest BCUT2D eigenvalue weighted by Gasteiger charge is -2.09. The van der Waals surface area contributed by atoms with Crippen molar-refractivity contribution in [3.8, 4) is 0 Å². The van der Waals surface area contributed by atoms with Crippen molar-refractivity contribution in [2.45, 2.75) is 26.4 Å². The van der Waals surface area contributed by atoms with Crippen LogP contribution in [0.1, 0.15) is 29.3 Å². The van der Waals surface area contributed by atoms with Gasteiger partial charge in [0.2, 0.25) is 5.95 Å². The predicted molar refractivity (Wildman–Crippen MR) is 84.4 cm³/mol. The monoisotopic (exact) mass is 322 g/mol. The highest BCUT2D eigenvalue weighted by molar-refractivity contribution is 5.64. The Bertz CT molecular complexity index is 711. The van der Waals surface area contributed by atoms with Gasteiger partial charge >= 0.3 is 6.18 Å². The van der Waals surface area contributed by atoms with Gasteiger partial charge in [0.15, 0.2) is 0 Å². The van der Waals surface area contributed by atoms with Crippen molar-refractivity contribution in [3.05, 3.63) is 52.7 Å². The average Bonchev–Trinajstić information content (AvgIpc) is 2.45. The molecule has 0 fully saturated rings. The van der Waals surface area contributed by atoms with Crippen LogP contribution in [0.15, 0.2) is 30.3 Å². The summed E-state index contributed by atoms with van der Waals surface area (Å²) in [4.78, 5) is 7.97. The molecular formula is C16H17F3N4. The van der Waals surface area contributed by atoms with Gasteiger partial charge in [0.1, 0.15) is 5.82 Å². The molecule has 0 atom stereocenters. The quantitative estimate of drug-likeness (QED) is 0.905. The zero-order valence-electron chi connectivity index (χ0n) is 12.8. The molecule has 4 nitrogen and oxygen atoms in total. The third-order valence-electron chi connectivity index (χ3n) is 3.54. The van der Waals surface area contributed by atoms with Crippen LogP contribution in [0.5, 0.6) is 0 Å². The molecule has 2 aromatic rings. The first kappa shape index (κ1) is 16.8. The lowest BCUT2D eigenvalue weighted by Crippen LogP contribution is -2.06. The van der Waals surface area contributed by atoms with E-state index in [4.69, 9.17) is 11.5 Å². The van der Waals surface area contributed by atoms with Gasteiger partial charge in [0, 0.05) is 11.3 Å². The van der Waals surface area contributed by atoms with E-state index < -0.39 is 11.7 Å². The molecule has 0 bridgehead atoms. The van der Waals surface area contributed by atoms with Gasteiger partial charge in [-0.1, -0.05) is 18.2 Å². The summed E-state index contributed by atoms with van der Waals surface area (Å²) in [6.07, 6.45) is -1.98. The number of anilines is 2. The van der Waals surface area contributed by atoms with Gasteiger partial charge in [-0.3, -0.25) is 0 Å². The molecule has 0 aliphatic rings. The smallest absolute Gasteiger partial charge is 0.383 e. The number of nitrogens with two attached hydrogens (primary N) is 2. The third kappa shape index (κ3) is 4.00. The number of aromatic nitrogens is 2. The number of allylic oxidation sites excluding steroid dienone is 2. The van der Waals surface area contributed by atoms with Crippen LogP contribution in [0, 0.1) is 6.92 Å². The van der Waals surface area contributed by atoms with Crippen LogP contribution in [0.4, 0.5) is 24.9 Å². The normalized spacial score (nSPS) is 12.5. The maximum absolute atomic E-state index is 12.6. The minimum atomic E-state index is -4.33. The summed E-state index contributed by atoms with van der Waals surface area (Å²) in [5, 5.41) is 0. The van der Waals surface area contributed by atoms with Crippen molar-refractivity contribution in [1.29, 1.82) is 0 Å². The van der Waals surface area contributed by atoms with E-state index in [9.17, 15) is 13.2 Å². The first-order valence-electron chi connectivity index (χ1n) is 6.91. The highest BCUT2D eigenvalue weighted by atomic mass is 19.4. The molecule has 0 amide bonds. The summed E-state index contributed by atoms with van der Waals surface area (Å²) >= 11 is 0. The Kier molecular flexibility index (Phi) is 4.58. The minimum Gasteiger partial charge on any atom is -0.383 e. The summed E-state index contributed by atoms with van der Waals surface area (Å²) in [6, 6.07) is 5.03. The topological polar surface area (TPSA) is 77.8 Å². The number of aryl methyl sites for hydroxylation is 1. The third-order valence-corrected chi connectivity index (χ3v) is 3.54. The van der Waals surface area contributed by atoms with Crippen molar-refractivity contribution in [1.82, 2.24) is 9.97 Å². The van der Waals surface area contributed by atoms with Gasteiger partial charge in [-0.05, 0) is 43.5 Å². The van der Waals surface area contributed by atoms with E-state index in [2.05, 4.69) is 9.97 Å². The van der Waals surface area contributed by atoms with Crippen LogP contribution >= 0.6 is 0 Å². The second-order valence-electron chi connectivity index (χ2n) is 5.20. The fourth-order valence-corrected chi connectivity index (χ4v) is 2.19. The van der Waals surface area contributed by atoms with E-state index >= 15 is 0 Å². The molecule has 1 aromatic heterocycles. The molecule has 1 heterocycles. The zero-order chi connectivity index (χ0) is 17.2. The van der Waals surface area contributed by atoms with Crippen molar-refractivity contribution in [3.63, 3.8) is 0 Å². The Morgan fingerprint density at radius 2 is 1.74 bits per heavy atom. The molecule has 4 N–H and O–H groups in total. The van der Waals surface area contributed by atoms with Crippen LogP contribution in [-0.4, -0.2) is 9.97 Å². The molecule has 0 unspecified atom stereocenters. The Morgan fingerprint density at radius 1 is 1.13 bits per heavy atom. The van der Waals surface area contributed by atoms with E-state index in [1.165, 1.54) is 12.1 Å². The Morgan fingerprint density at radius 3 is 2.26 bits per heavy atom. The lowest BCUT2D eigenvalue weighted by molar-refractivity contribution is -0.137. The van der Waals surface area contributed by atoms with E-state index in [1.807, 2.05) is 13.0 Å². The SMILES string of the molecule is C/C(=C\Cc1c(C)nc(N)nc1N)c1ccc(C(F)(F)F)cc1. The molecule has 0 aliphatic carbocycles. The average molecular weight is 322 g/mol. The molecule has 23 heavy (non-hydrogen) atoms. The fraction of sp³-hybridized carbons (Fsp3) is 0.250. The van der Waals surface area contributed by atoms with Crippen molar-refractivity contribution < 1.29 is 13.2 Å². The van der Waals surface area contributed by atoms with Crippen molar-refractivity contribution in [2.24, 2.45) is 0 Å². The Labute approximate surface area is 132 Å². The van der Waals surface area contributed by atoms with E-state index in [0.717, 1.165) is 23.3 Å². The zero-order valence-corrected chi connectivity index (χ0v) is 12.8. The molecule has 0 aliphatic heterocycles. The first-order valence-corrected chi connectivity index (χ1v) is 6.91. The summed E-state index contributed by atoms with van der Waals surface area (Å²) < 4.78 is 37.7. The molecule has 1 aromatic carbocycles.